The van der Waals surface area contributed by atoms with Gasteiger partial charge in [0.2, 0.25) is 6.29 Å². The Kier molecular flexibility index (Phi) is 1.31. The van der Waals surface area contributed by atoms with Gasteiger partial charge in [-0.2, -0.15) is 0 Å². The Balaban J connectivity index is 2.49. The number of aldehydes is 1. The fourth-order valence-electron chi connectivity index (χ4n) is 1.03. The summed E-state index contributed by atoms with van der Waals surface area (Å²) in [7, 11) is 0. The van der Waals surface area contributed by atoms with E-state index in [4.69, 9.17) is 4.42 Å². The molecule has 2 heterocycles. The predicted molar refractivity (Wildman–Crippen MR) is 38.1 cm³/mol. The first-order valence-electron chi connectivity index (χ1n) is 3.35. The van der Waals surface area contributed by atoms with Gasteiger partial charge in [0.15, 0.2) is 5.76 Å². The summed E-state index contributed by atoms with van der Waals surface area (Å²) in [6.45, 7) is 0.734. The number of oxazole rings is 1. The highest BCUT2D eigenvalue weighted by molar-refractivity contribution is 5.80. The van der Waals surface area contributed by atoms with Crippen molar-refractivity contribution in [3.8, 4) is 0 Å². The van der Waals surface area contributed by atoms with Crippen molar-refractivity contribution in [1.82, 2.24) is 4.98 Å². The molecular formula is C7H6N2O2. The van der Waals surface area contributed by atoms with Crippen LogP contribution in [0.4, 0.5) is 0 Å². The minimum atomic E-state index is 0.142. The lowest BCUT2D eigenvalue weighted by molar-refractivity contribution is 0.109. The van der Waals surface area contributed by atoms with E-state index < -0.39 is 0 Å². The highest BCUT2D eigenvalue weighted by atomic mass is 16.4. The molecule has 4 nitrogen and oxygen atoms in total. The van der Waals surface area contributed by atoms with Crippen LogP contribution < -0.4 is 0 Å². The van der Waals surface area contributed by atoms with Gasteiger partial charge in [-0.1, -0.05) is 0 Å². The van der Waals surface area contributed by atoms with E-state index in [-0.39, 0.29) is 5.89 Å². The SMILES string of the molecule is O=Cc1nc2c(o1)C=NCC2. The number of nitrogens with zero attached hydrogens (tertiary/aromatic N) is 2. The van der Waals surface area contributed by atoms with Crippen molar-refractivity contribution >= 4 is 12.5 Å². The Hall–Kier alpha value is -1.45. The fraction of sp³-hybridized carbons (Fsp3) is 0.286. The average molecular weight is 150 g/mol. The maximum Gasteiger partial charge on any atom is 0.260 e. The van der Waals surface area contributed by atoms with Gasteiger partial charge in [-0.05, 0) is 0 Å². The number of carbonyl (C=O) groups excluding carboxylic acids is 1. The standard InChI is InChI=1S/C7H6N2O2/c10-4-7-9-5-1-2-8-3-6(5)11-7/h3-4H,1-2H2. The molecule has 0 bridgehead atoms. The van der Waals surface area contributed by atoms with Gasteiger partial charge in [0.25, 0.3) is 5.89 Å². The zero-order valence-corrected chi connectivity index (χ0v) is 5.78. The first kappa shape index (κ1) is 6.27. The second kappa shape index (κ2) is 2.30. The molecule has 0 aromatic carbocycles. The quantitative estimate of drug-likeness (QED) is 0.546. The molecule has 1 aliphatic heterocycles. The maximum atomic E-state index is 10.2. The van der Waals surface area contributed by atoms with Crippen molar-refractivity contribution in [2.75, 3.05) is 6.54 Å². The number of fused-ring (bicyclic) bond motifs is 1. The lowest BCUT2D eigenvalue weighted by atomic mass is 10.2. The number of carbonyl (C=O) groups is 1. The van der Waals surface area contributed by atoms with Crippen molar-refractivity contribution in [3.05, 3.63) is 17.3 Å². The normalized spacial score (nSPS) is 14.5. The Morgan fingerprint density at radius 1 is 1.64 bits per heavy atom. The second-order valence-corrected chi connectivity index (χ2v) is 2.27. The Morgan fingerprint density at radius 2 is 2.55 bits per heavy atom. The van der Waals surface area contributed by atoms with E-state index in [0.717, 1.165) is 18.7 Å². The van der Waals surface area contributed by atoms with Crippen molar-refractivity contribution in [3.63, 3.8) is 0 Å². The van der Waals surface area contributed by atoms with E-state index in [1.165, 1.54) is 0 Å². The van der Waals surface area contributed by atoms with Gasteiger partial charge < -0.3 is 4.42 Å². The molecule has 0 aliphatic carbocycles. The summed E-state index contributed by atoms with van der Waals surface area (Å²) in [5.74, 6) is 0.765. The number of hydrogen-bond acceptors (Lipinski definition) is 4. The number of hydrogen-bond donors (Lipinski definition) is 0. The van der Waals surface area contributed by atoms with Gasteiger partial charge in [0.1, 0.15) is 0 Å². The third-order valence-corrected chi connectivity index (χ3v) is 1.53. The lowest BCUT2D eigenvalue weighted by Crippen LogP contribution is -2.00. The molecule has 0 amide bonds. The third kappa shape index (κ3) is 0.960. The van der Waals surface area contributed by atoms with Gasteiger partial charge >= 0.3 is 0 Å². The van der Waals surface area contributed by atoms with E-state index >= 15 is 0 Å². The Bertz CT molecular complexity index is 314. The number of aliphatic imine (C=N–C) groups is 1. The summed E-state index contributed by atoms with van der Waals surface area (Å²) < 4.78 is 5.03. The molecule has 1 aromatic rings. The first-order chi connectivity index (χ1) is 5.40. The van der Waals surface area contributed by atoms with Crippen LogP contribution in [0.25, 0.3) is 0 Å². The summed E-state index contributed by atoms with van der Waals surface area (Å²) in [5, 5.41) is 0. The minimum Gasteiger partial charge on any atom is -0.433 e. The largest absolute Gasteiger partial charge is 0.433 e. The molecule has 0 saturated heterocycles. The Labute approximate surface area is 63.0 Å². The lowest BCUT2D eigenvalue weighted by Gasteiger charge is -1.97. The van der Waals surface area contributed by atoms with E-state index in [1.54, 1.807) is 6.21 Å². The molecule has 4 heteroatoms. The van der Waals surface area contributed by atoms with E-state index in [2.05, 4.69) is 9.98 Å². The van der Waals surface area contributed by atoms with Gasteiger partial charge in [-0.3, -0.25) is 9.79 Å². The molecule has 0 N–H and O–H groups in total. The predicted octanol–water partition coefficient (Wildman–Crippen LogP) is 0.462. The van der Waals surface area contributed by atoms with Crippen LogP contribution in [-0.2, 0) is 6.42 Å². The monoisotopic (exact) mass is 150 g/mol. The smallest absolute Gasteiger partial charge is 0.260 e. The zero-order chi connectivity index (χ0) is 7.68. The summed E-state index contributed by atoms with van der Waals surface area (Å²) >= 11 is 0. The topological polar surface area (TPSA) is 55.5 Å². The maximum absolute atomic E-state index is 10.2. The van der Waals surface area contributed by atoms with E-state index in [0.29, 0.717) is 12.0 Å². The molecule has 11 heavy (non-hydrogen) atoms. The van der Waals surface area contributed by atoms with Crippen LogP contribution >= 0.6 is 0 Å². The summed E-state index contributed by atoms with van der Waals surface area (Å²) in [6, 6.07) is 0. The van der Waals surface area contributed by atoms with Crippen LogP contribution in [0.1, 0.15) is 22.1 Å². The van der Waals surface area contributed by atoms with Crippen LogP contribution in [0.15, 0.2) is 9.41 Å². The van der Waals surface area contributed by atoms with Gasteiger partial charge in [0, 0.05) is 13.0 Å². The average Bonchev–Trinajstić information content (AvgIpc) is 2.46. The number of aromatic nitrogens is 1. The molecule has 0 fully saturated rings. The third-order valence-electron chi connectivity index (χ3n) is 1.53. The molecule has 2 rings (SSSR count). The first-order valence-corrected chi connectivity index (χ1v) is 3.35. The van der Waals surface area contributed by atoms with Crippen LogP contribution in [0, 0.1) is 0 Å². The van der Waals surface area contributed by atoms with Crippen molar-refractivity contribution in [2.24, 2.45) is 4.99 Å². The van der Waals surface area contributed by atoms with Crippen LogP contribution in [0.2, 0.25) is 0 Å². The molecule has 1 aromatic heterocycles. The van der Waals surface area contributed by atoms with Gasteiger partial charge in [0.05, 0.1) is 11.9 Å². The van der Waals surface area contributed by atoms with E-state index in [1.807, 2.05) is 0 Å². The highest BCUT2D eigenvalue weighted by Crippen LogP contribution is 2.11. The number of rotatable bonds is 1. The molecule has 0 spiro atoms. The van der Waals surface area contributed by atoms with E-state index in [9.17, 15) is 4.79 Å². The van der Waals surface area contributed by atoms with Gasteiger partial charge in [-0.25, -0.2) is 4.98 Å². The molecule has 1 aliphatic rings. The van der Waals surface area contributed by atoms with Crippen molar-refractivity contribution in [2.45, 2.75) is 6.42 Å². The molecule has 0 radical (unpaired) electrons. The van der Waals surface area contributed by atoms with Crippen molar-refractivity contribution < 1.29 is 9.21 Å². The van der Waals surface area contributed by atoms with Gasteiger partial charge in [-0.15, -0.1) is 0 Å². The summed E-state index contributed by atoms with van der Waals surface area (Å²) in [5.41, 5.74) is 0.835. The zero-order valence-electron chi connectivity index (χ0n) is 5.78. The Morgan fingerprint density at radius 3 is 3.27 bits per heavy atom. The molecular weight excluding hydrogens is 144 g/mol. The summed E-state index contributed by atoms with van der Waals surface area (Å²) in [6.07, 6.45) is 2.98. The molecule has 0 atom stereocenters. The fourth-order valence-corrected chi connectivity index (χ4v) is 1.03. The van der Waals surface area contributed by atoms with Crippen molar-refractivity contribution in [1.29, 1.82) is 0 Å². The second-order valence-electron chi connectivity index (χ2n) is 2.27. The van der Waals surface area contributed by atoms with Crippen LogP contribution in [-0.4, -0.2) is 24.0 Å². The summed E-state index contributed by atoms with van der Waals surface area (Å²) in [4.78, 5) is 18.2. The highest BCUT2D eigenvalue weighted by Gasteiger charge is 2.12. The molecule has 0 unspecified atom stereocenters. The molecule has 0 saturated carbocycles. The minimum absolute atomic E-state index is 0.142. The van der Waals surface area contributed by atoms with Crippen LogP contribution in [0.3, 0.4) is 0 Å². The van der Waals surface area contributed by atoms with Crippen LogP contribution in [0.5, 0.6) is 0 Å². The molecule has 56 valence electrons.